The van der Waals surface area contributed by atoms with Crippen LogP contribution in [0.3, 0.4) is 0 Å². The number of ether oxygens (including phenoxy) is 1. The number of hydrogen-bond donors (Lipinski definition) is 3. The second-order valence-corrected chi connectivity index (χ2v) is 10.5. The van der Waals surface area contributed by atoms with Gasteiger partial charge in [0.1, 0.15) is 5.72 Å². The Morgan fingerprint density at radius 1 is 1.03 bits per heavy atom. The van der Waals surface area contributed by atoms with Crippen molar-refractivity contribution in [1.29, 1.82) is 0 Å². The SMILES string of the molecule is C[C@H]1CN[C@@](CCCNS(=O)(=O)NCc2ccc(Cl)cc2)(OCc2ccc(Cl)cc2)C1. The van der Waals surface area contributed by atoms with Gasteiger partial charge in [0.25, 0.3) is 10.2 Å². The van der Waals surface area contributed by atoms with Gasteiger partial charge in [0.05, 0.1) is 6.61 Å². The zero-order chi connectivity index (χ0) is 22.3. The van der Waals surface area contributed by atoms with Gasteiger partial charge < -0.3 is 4.74 Å². The first-order valence-electron chi connectivity index (χ1n) is 10.4. The van der Waals surface area contributed by atoms with E-state index in [0.29, 0.717) is 42.0 Å². The third-order valence-corrected chi connectivity index (χ3v) is 6.92. The van der Waals surface area contributed by atoms with E-state index in [1.54, 1.807) is 24.3 Å². The van der Waals surface area contributed by atoms with Gasteiger partial charge in [-0.05, 0) is 60.6 Å². The van der Waals surface area contributed by atoms with Crippen LogP contribution in [-0.4, -0.2) is 27.2 Å². The molecule has 0 unspecified atom stereocenters. The van der Waals surface area contributed by atoms with Gasteiger partial charge in [0.15, 0.2) is 0 Å². The number of hydrogen-bond acceptors (Lipinski definition) is 4. The molecule has 0 spiro atoms. The van der Waals surface area contributed by atoms with E-state index in [4.69, 9.17) is 27.9 Å². The lowest BCUT2D eigenvalue weighted by atomic mass is 10.00. The third-order valence-electron chi connectivity index (χ3n) is 5.31. The van der Waals surface area contributed by atoms with E-state index in [1.165, 1.54) is 0 Å². The molecule has 1 heterocycles. The summed E-state index contributed by atoms with van der Waals surface area (Å²) in [6.45, 7) is 4.09. The molecule has 0 radical (unpaired) electrons. The van der Waals surface area contributed by atoms with Crippen LogP contribution < -0.4 is 14.8 Å². The Balaban J connectivity index is 1.45. The van der Waals surface area contributed by atoms with E-state index < -0.39 is 15.9 Å². The first kappa shape index (κ1) is 24.5. The Morgan fingerprint density at radius 2 is 1.65 bits per heavy atom. The van der Waals surface area contributed by atoms with Gasteiger partial charge in [0, 0.05) is 29.7 Å². The standard InChI is InChI=1S/C22H29Cl2N3O3S/c1-17-13-22(25-14-17,30-16-19-5-9-21(24)10-6-19)11-2-12-26-31(28,29)27-15-18-3-7-20(23)8-4-18/h3-10,17,25-27H,2,11-16H2,1H3/t17-,22+/m1/s1. The molecule has 0 bridgehead atoms. The van der Waals surface area contributed by atoms with Crippen LogP contribution in [0.2, 0.25) is 10.0 Å². The lowest BCUT2D eigenvalue weighted by Crippen LogP contribution is -2.43. The largest absolute Gasteiger partial charge is 0.356 e. The lowest BCUT2D eigenvalue weighted by molar-refractivity contribution is -0.0768. The zero-order valence-corrected chi connectivity index (χ0v) is 19.9. The van der Waals surface area contributed by atoms with Crippen molar-refractivity contribution in [2.75, 3.05) is 13.1 Å². The maximum Gasteiger partial charge on any atom is 0.277 e. The highest BCUT2D eigenvalue weighted by Crippen LogP contribution is 2.30. The molecule has 2 aromatic rings. The summed E-state index contributed by atoms with van der Waals surface area (Å²) in [4.78, 5) is 0. The van der Waals surface area contributed by atoms with Gasteiger partial charge in [-0.1, -0.05) is 54.4 Å². The predicted molar refractivity (Wildman–Crippen MR) is 125 cm³/mol. The van der Waals surface area contributed by atoms with E-state index in [-0.39, 0.29) is 6.54 Å². The average Bonchev–Trinajstić information content (AvgIpc) is 3.12. The van der Waals surface area contributed by atoms with Crippen LogP contribution in [0.25, 0.3) is 0 Å². The summed E-state index contributed by atoms with van der Waals surface area (Å²) in [5.41, 5.74) is 1.45. The summed E-state index contributed by atoms with van der Waals surface area (Å²) in [5.74, 6) is 0.503. The first-order chi connectivity index (χ1) is 14.8. The molecule has 170 valence electrons. The van der Waals surface area contributed by atoms with Crippen molar-refractivity contribution in [1.82, 2.24) is 14.8 Å². The van der Waals surface area contributed by atoms with Gasteiger partial charge in [-0.25, -0.2) is 4.72 Å². The number of benzene rings is 2. The van der Waals surface area contributed by atoms with E-state index in [1.807, 2.05) is 24.3 Å². The van der Waals surface area contributed by atoms with E-state index >= 15 is 0 Å². The highest BCUT2D eigenvalue weighted by atomic mass is 35.5. The van der Waals surface area contributed by atoms with Crippen LogP contribution in [0.1, 0.15) is 37.3 Å². The number of halogens is 2. The Bertz CT molecular complexity index is 939. The molecule has 0 aliphatic carbocycles. The first-order valence-corrected chi connectivity index (χ1v) is 12.6. The monoisotopic (exact) mass is 485 g/mol. The maximum atomic E-state index is 12.2. The quantitative estimate of drug-likeness (QED) is 0.415. The molecular formula is C22H29Cl2N3O3S. The van der Waals surface area contributed by atoms with Gasteiger partial charge in [-0.3, -0.25) is 5.32 Å². The second kappa shape index (κ2) is 11.1. The normalized spacial score (nSPS) is 21.5. The van der Waals surface area contributed by atoms with Crippen molar-refractivity contribution < 1.29 is 13.2 Å². The molecule has 1 aliphatic rings. The molecule has 31 heavy (non-hydrogen) atoms. The fourth-order valence-corrected chi connectivity index (χ4v) is 4.78. The molecule has 0 saturated carbocycles. The van der Waals surface area contributed by atoms with Gasteiger partial charge >= 0.3 is 0 Å². The summed E-state index contributed by atoms with van der Waals surface area (Å²) in [7, 11) is -3.58. The Morgan fingerprint density at radius 3 is 2.23 bits per heavy atom. The average molecular weight is 486 g/mol. The van der Waals surface area contributed by atoms with Gasteiger partial charge in [0.2, 0.25) is 0 Å². The summed E-state index contributed by atoms with van der Waals surface area (Å²) in [6, 6.07) is 14.7. The van der Waals surface area contributed by atoms with Crippen LogP contribution in [0.5, 0.6) is 0 Å². The molecular weight excluding hydrogens is 457 g/mol. The second-order valence-electron chi connectivity index (χ2n) is 8.05. The van der Waals surface area contributed by atoms with Gasteiger partial charge in [-0.15, -0.1) is 0 Å². The molecule has 2 atom stereocenters. The Kier molecular flexibility index (Phi) is 8.75. The van der Waals surface area contributed by atoms with E-state index in [0.717, 1.165) is 24.1 Å². The van der Waals surface area contributed by atoms with Crippen molar-refractivity contribution in [2.24, 2.45) is 5.92 Å². The molecule has 9 heteroatoms. The minimum Gasteiger partial charge on any atom is -0.356 e. The minimum atomic E-state index is -3.58. The molecule has 3 N–H and O–H groups in total. The van der Waals surface area contributed by atoms with Crippen molar-refractivity contribution in [3.05, 3.63) is 69.7 Å². The van der Waals surface area contributed by atoms with E-state index in [9.17, 15) is 8.42 Å². The van der Waals surface area contributed by atoms with Crippen LogP contribution in [-0.2, 0) is 28.1 Å². The topological polar surface area (TPSA) is 79.5 Å². The summed E-state index contributed by atoms with van der Waals surface area (Å²) < 4.78 is 35.9. The van der Waals surface area contributed by atoms with Crippen molar-refractivity contribution in [3.63, 3.8) is 0 Å². The van der Waals surface area contributed by atoms with Crippen LogP contribution in [0, 0.1) is 5.92 Å². The van der Waals surface area contributed by atoms with Crippen LogP contribution in [0.15, 0.2) is 48.5 Å². The van der Waals surface area contributed by atoms with E-state index in [2.05, 4.69) is 21.7 Å². The Labute approximate surface area is 194 Å². The lowest BCUT2D eigenvalue weighted by Gasteiger charge is -2.30. The fourth-order valence-electron chi connectivity index (χ4n) is 3.65. The molecule has 2 aromatic carbocycles. The third kappa shape index (κ3) is 8.02. The molecule has 1 aliphatic heterocycles. The summed E-state index contributed by atoms with van der Waals surface area (Å²) >= 11 is 11.8. The Hall–Kier alpha value is -1.19. The smallest absolute Gasteiger partial charge is 0.277 e. The van der Waals surface area contributed by atoms with Crippen molar-refractivity contribution in [3.8, 4) is 0 Å². The highest BCUT2D eigenvalue weighted by molar-refractivity contribution is 7.87. The van der Waals surface area contributed by atoms with Crippen LogP contribution in [0.4, 0.5) is 0 Å². The minimum absolute atomic E-state index is 0.208. The summed E-state index contributed by atoms with van der Waals surface area (Å²) in [6.07, 6.45) is 2.26. The summed E-state index contributed by atoms with van der Waals surface area (Å²) in [5, 5.41) is 4.81. The van der Waals surface area contributed by atoms with Gasteiger partial charge in [-0.2, -0.15) is 13.1 Å². The van der Waals surface area contributed by atoms with Crippen molar-refractivity contribution in [2.45, 2.75) is 45.1 Å². The molecule has 0 aromatic heterocycles. The van der Waals surface area contributed by atoms with Crippen LogP contribution >= 0.6 is 23.2 Å². The molecule has 1 fully saturated rings. The molecule has 0 amide bonds. The molecule has 1 saturated heterocycles. The molecule has 3 rings (SSSR count). The van der Waals surface area contributed by atoms with Crippen molar-refractivity contribution >= 4 is 33.4 Å². The number of rotatable bonds is 11. The molecule has 6 nitrogen and oxygen atoms in total. The maximum absolute atomic E-state index is 12.2. The highest BCUT2D eigenvalue weighted by Gasteiger charge is 2.37. The zero-order valence-electron chi connectivity index (χ0n) is 17.5. The number of nitrogens with one attached hydrogen (secondary N) is 3. The fraction of sp³-hybridized carbons (Fsp3) is 0.455. The predicted octanol–water partition coefficient (Wildman–Crippen LogP) is 4.24.